The van der Waals surface area contributed by atoms with Gasteiger partial charge in [0.1, 0.15) is 0 Å². The molecule has 0 aliphatic carbocycles. The van der Waals surface area contributed by atoms with Crippen molar-refractivity contribution in [1.82, 2.24) is 0 Å². The van der Waals surface area contributed by atoms with E-state index in [9.17, 15) is 0 Å². The summed E-state index contributed by atoms with van der Waals surface area (Å²) in [5, 5.41) is 0. The van der Waals surface area contributed by atoms with Crippen LogP contribution in [-0.2, 0) is 0 Å². The number of hydrogen-bond donors (Lipinski definition) is 0. The van der Waals surface area contributed by atoms with Crippen LogP contribution < -0.4 is 0 Å². The Morgan fingerprint density at radius 1 is 0.615 bits per heavy atom. The summed E-state index contributed by atoms with van der Waals surface area (Å²) in [4.78, 5) is 0. The van der Waals surface area contributed by atoms with Crippen LogP contribution in [-0.4, -0.2) is 23.0 Å². The zero-order chi connectivity index (χ0) is 9.78. The molecule has 1 heteroatoms. The minimum atomic E-state index is 1.37. The Balaban J connectivity index is 2.76. The van der Waals surface area contributed by atoms with Gasteiger partial charge in [-0.1, -0.05) is 0 Å². The van der Waals surface area contributed by atoms with Crippen LogP contribution in [0.1, 0.15) is 71.1 Å². The average Bonchev–Trinajstić information content (AvgIpc) is 2.16. The van der Waals surface area contributed by atoms with Gasteiger partial charge in [0, 0.05) is 0 Å². The third-order valence-corrected chi connectivity index (χ3v) is 3.54. The number of rotatable bonds is 10. The van der Waals surface area contributed by atoms with Gasteiger partial charge in [0.2, 0.25) is 0 Å². The second kappa shape index (κ2) is 12.8. The van der Waals surface area contributed by atoms with E-state index in [0.29, 0.717) is 0 Å². The van der Waals surface area contributed by atoms with Crippen molar-refractivity contribution in [1.29, 1.82) is 0 Å². The molecule has 0 aliphatic rings. The van der Waals surface area contributed by atoms with Crippen LogP contribution >= 0.6 is 0 Å². The molecule has 0 aromatic rings. The van der Waals surface area contributed by atoms with E-state index >= 15 is 0 Å². The Bertz CT molecular complexity index is 71.2. The van der Waals surface area contributed by atoms with Gasteiger partial charge in [-0.2, -0.15) is 0 Å². The van der Waals surface area contributed by atoms with Gasteiger partial charge in [-0.25, -0.2) is 0 Å². The predicted octanol–water partition coefficient (Wildman–Crippen LogP) is 4.23. The van der Waals surface area contributed by atoms with Gasteiger partial charge in [-0.15, -0.1) is 0 Å². The van der Waals surface area contributed by atoms with Crippen LogP contribution in [0.2, 0.25) is 4.37 Å². The summed E-state index contributed by atoms with van der Waals surface area (Å²) in [5.74, 6) is 0. The fourth-order valence-corrected chi connectivity index (χ4v) is 2.33. The van der Waals surface area contributed by atoms with E-state index in [1.165, 1.54) is 68.6 Å². The molecule has 0 heterocycles. The fraction of sp³-hybridized carbons (Fsp3) is 1.00. The van der Waals surface area contributed by atoms with Crippen molar-refractivity contribution in [2.24, 2.45) is 0 Å². The quantitative estimate of drug-likeness (QED) is 0.417. The van der Waals surface area contributed by atoms with Crippen molar-refractivity contribution < 1.29 is 0 Å². The Labute approximate surface area is 98.4 Å². The van der Waals surface area contributed by atoms with E-state index in [-0.39, 0.29) is 0 Å². The summed E-state index contributed by atoms with van der Waals surface area (Å²) in [6, 6.07) is 0. The second-order valence-electron chi connectivity index (χ2n) is 3.93. The van der Waals surface area contributed by atoms with Gasteiger partial charge >= 0.3 is 98.5 Å². The molecular formula is C12H26Sb. The van der Waals surface area contributed by atoms with E-state index in [1.54, 1.807) is 23.0 Å². The molecule has 79 valence electrons. The maximum atomic E-state index is 2.28. The summed E-state index contributed by atoms with van der Waals surface area (Å²) in [6.07, 6.45) is 14.7. The van der Waals surface area contributed by atoms with Crippen LogP contribution in [0.4, 0.5) is 0 Å². The SMILES string of the molecule is CCCCCCCCCCC[CH2][SbH]. The van der Waals surface area contributed by atoms with E-state index in [4.69, 9.17) is 0 Å². The molecular weight excluding hydrogens is 266 g/mol. The molecule has 13 heavy (non-hydrogen) atoms. The van der Waals surface area contributed by atoms with E-state index in [0.717, 1.165) is 0 Å². The normalized spacial score (nSPS) is 10.6. The molecule has 0 amide bonds. The van der Waals surface area contributed by atoms with Gasteiger partial charge in [0.25, 0.3) is 0 Å². The molecule has 0 nitrogen and oxygen atoms in total. The standard InChI is InChI=1S/C12H25.Sb.H/c1-3-5-7-9-11-12-10-8-6-4-2;;/h1,3-12H2,2H3;;. The molecule has 0 aromatic carbocycles. The molecule has 0 atom stereocenters. The minimum absolute atomic E-state index is 1.37. The van der Waals surface area contributed by atoms with Gasteiger partial charge in [-0.3, -0.25) is 0 Å². The van der Waals surface area contributed by atoms with Crippen molar-refractivity contribution in [3.05, 3.63) is 0 Å². The summed E-state index contributed by atoms with van der Waals surface area (Å²) in [5.41, 5.74) is 0. The molecule has 0 aromatic heterocycles. The van der Waals surface area contributed by atoms with Crippen molar-refractivity contribution >= 4 is 23.0 Å². The Kier molecular flexibility index (Phi) is 13.6. The van der Waals surface area contributed by atoms with Gasteiger partial charge in [0.15, 0.2) is 0 Å². The van der Waals surface area contributed by atoms with Crippen LogP contribution in [0.15, 0.2) is 0 Å². The van der Waals surface area contributed by atoms with Gasteiger partial charge in [0.05, 0.1) is 0 Å². The topological polar surface area (TPSA) is 0 Å². The fourth-order valence-electron chi connectivity index (χ4n) is 1.61. The molecule has 0 fully saturated rings. The first-order chi connectivity index (χ1) is 6.41. The summed E-state index contributed by atoms with van der Waals surface area (Å²) >= 11 is 1.72. The monoisotopic (exact) mass is 291 g/mol. The summed E-state index contributed by atoms with van der Waals surface area (Å²) in [6.45, 7) is 2.28. The molecule has 0 N–H and O–H groups in total. The molecule has 0 spiro atoms. The maximum absolute atomic E-state index is 2.28. The van der Waals surface area contributed by atoms with E-state index < -0.39 is 0 Å². The molecule has 0 rings (SSSR count). The third-order valence-electron chi connectivity index (χ3n) is 2.53. The van der Waals surface area contributed by atoms with E-state index in [2.05, 4.69) is 6.92 Å². The molecule has 0 aliphatic heterocycles. The molecule has 0 saturated heterocycles. The molecule has 0 bridgehead atoms. The Morgan fingerprint density at radius 2 is 1.00 bits per heavy atom. The first-order valence-corrected chi connectivity index (χ1v) is 8.08. The van der Waals surface area contributed by atoms with E-state index in [1.807, 2.05) is 0 Å². The number of hydrogen-bond acceptors (Lipinski definition) is 0. The van der Waals surface area contributed by atoms with Gasteiger partial charge in [-0.05, 0) is 0 Å². The molecule has 1 radical (unpaired) electrons. The van der Waals surface area contributed by atoms with Gasteiger partial charge < -0.3 is 0 Å². The summed E-state index contributed by atoms with van der Waals surface area (Å²) < 4.78 is 1.46. The van der Waals surface area contributed by atoms with Crippen LogP contribution in [0.3, 0.4) is 0 Å². The Morgan fingerprint density at radius 3 is 1.38 bits per heavy atom. The summed E-state index contributed by atoms with van der Waals surface area (Å²) in [7, 11) is 0. The van der Waals surface area contributed by atoms with Crippen molar-refractivity contribution in [3.8, 4) is 0 Å². The third kappa shape index (κ3) is 12.8. The van der Waals surface area contributed by atoms with Crippen LogP contribution in [0.5, 0.6) is 0 Å². The molecule has 0 saturated carbocycles. The van der Waals surface area contributed by atoms with Crippen LogP contribution in [0.25, 0.3) is 0 Å². The first kappa shape index (κ1) is 13.8. The Hall–Kier alpha value is 0.818. The predicted molar refractivity (Wildman–Crippen MR) is 63.8 cm³/mol. The van der Waals surface area contributed by atoms with Crippen LogP contribution in [0, 0.1) is 0 Å². The van der Waals surface area contributed by atoms with Crippen molar-refractivity contribution in [2.45, 2.75) is 75.5 Å². The zero-order valence-electron chi connectivity index (χ0n) is 9.28. The molecule has 0 unspecified atom stereocenters. The first-order valence-electron chi connectivity index (χ1n) is 6.06. The van der Waals surface area contributed by atoms with Crippen molar-refractivity contribution in [2.75, 3.05) is 0 Å². The average molecular weight is 292 g/mol. The second-order valence-corrected chi connectivity index (χ2v) is 5.36. The van der Waals surface area contributed by atoms with Crippen molar-refractivity contribution in [3.63, 3.8) is 0 Å². The zero-order valence-corrected chi connectivity index (χ0v) is 12.1. The number of unbranched alkanes of at least 4 members (excludes halogenated alkanes) is 9.